The monoisotopic (exact) mass is 338 g/mol. The van der Waals surface area contributed by atoms with E-state index >= 15 is 0 Å². The average Bonchev–Trinajstić information content (AvgIpc) is 2.66. The average molecular weight is 338 g/mol. The van der Waals surface area contributed by atoms with Crippen molar-refractivity contribution in [3.8, 4) is 17.2 Å². The summed E-state index contributed by atoms with van der Waals surface area (Å²) in [5, 5.41) is 3.76. The maximum Gasteiger partial charge on any atom is 0.259 e. The summed E-state index contributed by atoms with van der Waals surface area (Å²) in [6, 6.07) is 12.5. The fourth-order valence-corrected chi connectivity index (χ4v) is 2.63. The van der Waals surface area contributed by atoms with E-state index < -0.39 is 0 Å². The number of pyridine rings is 1. The van der Waals surface area contributed by atoms with Crippen LogP contribution in [0.25, 0.3) is 10.9 Å². The molecule has 3 aromatic rings. The molecule has 0 saturated heterocycles. The standard InChI is InChI=1S/C19H18N2O4/c1-23-13-10-12-6-5-9-20-17(12)15(11-13)21-19(22)14-7-4-8-16(24-2)18(14)25-3/h4-11H,1-3H3,(H,21,22). The topological polar surface area (TPSA) is 69.7 Å². The van der Waals surface area contributed by atoms with E-state index in [0.717, 1.165) is 5.39 Å². The summed E-state index contributed by atoms with van der Waals surface area (Å²) < 4.78 is 15.9. The van der Waals surface area contributed by atoms with Crippen molar-refractivity contribution in [3.63, 3.8) is 0 Å². The molecule has 25 heavy (non-hydrogen) atoms. The molecular weight excluding hydrogens is 320 g/mol. The van der Waals surface area contributed by atoms with Gasteiger partial charge in [0.25, 0.3) is 5.91 Å². The number of fused-ring (bicyclic) bond motifs is 1. The van der Waals surface area contributed by atoms with Crippen molar-refractivity contribution in [3.05, 3.63) is 54.2 Å². The van der Waals surface area contributed by atoms with Crippen molar-refractivity contribution < 1.29 is 19.0 Å². The minimum absolute atomic E-state index is 0.323. The minimum atomic E-state index is -0.323. The summed E-state index contributed by atoms with van der Waals surface area (Å²) in [4.78, 5) is 17.1. The zero-order valence-corrected chi connectivity index (χ0v) is 14.2. The maximum atomic E-state index is 12.8. The van der Waals surface area contributed by atoms with E-state index in [1.54, 1.807) is 37.6 Å². The van der Waals surface area contributed by atoms with Crippen LogP contribution in [0.2, 0.25) is 0 Å². The van der Waals surface area contributed by atoms with Gasteiger partial charge in [-0.3, -0.25) is 9.78 Å². The van der Waals surface area contributed by atoms with Gasteiger partial charge in [-0.15, -0.1) is 0 Å². The van der Waals surface area contributed by atoms with E-state index in [4.69, 9.17) is 14.2 Å². The maximum absolute atomic E-state index is 12.8. The fraction of sp³-hybridized carbons (Fsp3) is 0.158. The van der Waals surface area contributed by atoms with Gasteiger partial charge in [-0.1, -0.05) is 12.1 Å². The quantitative estimate of drug-likeness (QED) is 0.771. The molecule has 128 valence electrons. The van der Waals surface area contributed by atoms with Gasteiger partial charge in [-0.2, -0.15) is 0 Å². The number of hydrogen-bond acceptors (Lipinski definition) is 5. The third-order valence-electron chi connectivity index (χ3n) is 3.81. The van der Waals surface area contributed by atoms with Gasteiger partial charge in [0.2, 0.25) is 0 Å². The Morgan fingerprint density at radius 3 is 2.56 bits per heavy atom. The van der Waals surface area contributed by atoms with Gasteiger partial charge in [0.05, 0.1) is 38.1 Å². The van der Waals surface area contributed by atoms with Crippen LogP contribution >= 0.6 is 0 Å². The first-order valence-corrected chi connectivity index (χ1v) is 7.63. The van der Waals surface area contributed by atoms with Gasteiger partial charge in [0.15, 0.2) is 11.5 Å². The summed E-state index contributed by atoms with van der Waals surface area (Å²) >= 11 is 0. The van der Waals surface area contributed by atoms with Crippen LogP contribution in [0.5, 0.6) is 17.2 Å². The molecule has 0 spiro atoms. The molecular formula is C19H18N2O4. The van der Waals surface area contributed by atoms with Crippen LogP contribution in [0.15, 0.2) is 48.7 Å². The molecule has 0 atom stereocenters. The molecule has 0 saturated carbocycles. The Balaban J connectivity index is 2.03. The molecule has 0 unspecified atom stereocenters. The molecule has 1 amide bonds. The third kappa shape index (κ3) is 3.19. The lowest BCUT2D eigenvalue weighted by Crippen LogP contribution is -2.14. The summed E-state index contributed by atoms with van der Waals surface area (Å²) in [5.41, 5.74) is 1.61. The van der Waals surface area contributed by atoms with Crippen molar-refractivity contribution in [2.24, 2.45) is 0 Å². The normalized spacial score (nSPS) is 10.4. The first kappa shape index (κ1) is 16.6. The van der Waals surface area contributed by atoms with E-state index in [0.29, 0.717) is 34.0 Å². The number of benzene rings is 2. The molecule has 0 aliphatic heterocycles. The number of ether oxygens (including phenoxy) is 3. The number of methoxy groups -OCH3 is 3. The van der Waals surface area contributed by atoms with Crippen LogP contribution in [0.3, 0.4) is 0 Å². The zero-order chi connectivity index (χ0) is 17.8. The number of amides is 1. The van der Waals surface area contributed by atoms with Gasteiger partial charge in [-0.25, -0.2) is 0 Å². The lowest BCUT2D eigenvalue weighted by Gasteiger charge is -2.14. The van der Waals surface area contributed by atoms with Gasteiger partial charge >= 0.3 is 0 Å². The van der Waals surface area contributed by atoms with Crippen LogP contribution in [0.4, 0.5) is 5.69 Å². The van der Waals surface area contributed by atoms with Gasteiger partial charge < -0.3 is 19.5 Å². The molecule has 0 radical (unpaired) electrons. The highest BCUT2D eigenvalue weighted by molar-refractivity contribution is 6.10. The number of hydrogen-bond donors (Lipinski definition) is 1. The molecule has 3 rings (SSSR count). The highest BCUT2D eigenvalue weighted by Gasteiger charge is 2.18. The van der Waals surface area contributed by atoms with Crippen molar-refractivity contribution in [2.75, 3.05) is 26.6 Å². The van der Waals surface area contributed by atoms with Gasteiger partial charge in [-0.05, 0) is 24.3 Å². The molecule has 1 aromatic heterocycles. The van der Waals surface area contributed by atoms with Crippen molar-refractivity contribution >= 4 is 22.5 Å². The smallest absolute Gasteiger partial charge is 0.259 e. The van der Waals surface area contributed by atoms with Crippen LogP contribution in [0, 0.1) is 0 Å². The highest BCUT2D eigenvalue weighted by atomic mass is 16.5. The first-order valence-electron chi connectivity index (χ1n) is 7.63. The minimum Gasteiger partial charge on any atom is -0.497 e. The number of nitrogens with zero attached hydrogens (tertiary/aromatic N) is 1. The number of carbonyl (C=O) groups excluding carboxylic acids is 1. The lowest BCUT2D eigenvalue weighted by atomic mass is 10.1. The second kappa shape index (κ2) is 7.09. The molecule has 1 heterocycles. The van der Waals surface area contributed by atoms with E-state index in [-0.39, 0.29) is 5.91 Å². The van der Waals surface area contributed by atoms with Crippen LogP contribution < -0.4 is 19.5 Å². The predicted molar refractivity (Wildman–Crippen MR) is 95.8 cm³/mol. The van der Waals surface area contributed by atoms with E-state index in [1.165, 1.54) is 14.2 Å². The summed E-state index contributed by atoms with van der Waals surface area (Å²) in [6.07, 6.45) is 1.68. The SMILES string of the molecule is COc1cc(NC(=O)c2cccc(OC)c2OC)c2ncccc2c1. The molecule has 6 nitrogen and oxygen atoms in total. The van der Waals surface area contributed by atoms with E-state index in [1.807, 2.05) is 18.2 Å². The predicted octanol–water partition coefficient (Wildman–Crippen LogP) is 3.51. The van der Waals surface area contributed by atoms with Crippen LogP contribution in [0.1, 0.15) is 10.4 Å². The Morgan fingerprint density at radius 2 is 1.84 bits per heavy atom. The molecule has 0 aliphatic carbocycles. The molecule has 1 N–H and O–H groups in total. The number of para-hydroxylation sites is 1. The number of nitrogens with one attached hydrogen (secondary N) is 1. The summed E-state index contributed by atoms with van der Waals surface area (Å²) in [6.45, 7) is 0. The fourth-order valence-electron chi connectivity index (χ4n) is 2.63. The third-order valence-corrected chi connectivity index (χ3v) is 3.81. The largest absolute Gasteiger partial charge is 0.497 e. The van der Waals surface area contributed by atoms with Gasteiger partial charge in [0.1, 0.15) is 5.75 Å². The highest BCUT2D eigenvalue weighted by Crippen LogP contribution is 2.32. The molecule has 0 aliphatic rings. The Bertz CT molecular complexity index is 924. The molecule has 2 aromatic carbocycles. The van der Waals surface area contributed by atoms with Crippen molar-refractivity contribution in [1.82, 2.24) is 4.98 Å². The number of aromatic nitrogens is 1. The van der Waals surface area contributed by atoms with Crippen molar-refractivity contribution in [2.45, 2.75) is 0 Å². The Kier molecular flexibility index (Phi) is 4.70. The summed E-state index contributed by atoms with van der Waals surface area (Å²) in [7, 11) is 4.60. The number of carbonyl (C=O) groups is 1. The molecule has 0 bridgehead atoms. The Hall–Kier alpha value is -3.28. The number of rotatable bonds is 5. The molecule has 6 heteroatoms. The second-order valence-electron chi connectivity index (χ2n) is 5.25. The van der Waals surface area contributed by atoms with Gasteiger partial charge in [0, 0.05) is 17.6 Å². The van der Waals surface area contributed by atoms with E-state index in [9.17, 15) is 4.79 Å². The van der Waals surface area contributed by atoms with Crippen LogP contribution in [-0.2, 0) is 0 Å². The lowest BCUT2D eigenvalue weighted by molar-refractivity contribution is 0.102. The summed E-state index contributed by atoms with van der Waals surface area (Å²) in [5.74, 6) is 1.18. The molecule has 0 fully saturated rings. The van der Waals surface area contributed by atoms with Crippen molar-refractivity contribution in [1.29, 1.82) is 0 Å². The Labute approximate surface area is 145 Å². The number of anilines is 1. The Morgan fingerprint density at radius 1 is 1.00 bits per heavy atom. The van der Waals surface area contributed by atoms with E-state index in [2.05, 4.69) is 10.3 Å². The van der Waals surface area contributed by atoms with Crippen LogP contribution in [-0.4, -0.2) is 32.2 Å². The second-order valence-corrected chi connectivity index (χ2v) is 5.25. The zero-order valence-electron chi connectivity index (χ0n) is 14.2. The first-order chi connectivity index (χ1) is 12.2.